The predicted octanol–water partition coefficient (Wildman–Crippen LogP) is 6.95. The second kappa shape index (κ2) is 12.1. The quantitative estimate of drug-likeness (QED) is 0.199. The van der Waals surface area contributed by atoms with Crippen LogP contribution in [0.5, 0.6) is 17.2 Å². The molecule has 0 fully saturated rings. The smallest absolute Gasteiger partial charge is 0.216 e. The molecule has 0 bridgehead atoms. The Morgan fingerprint density at radius 2 is 1.72 bits per heavy atom. The summed E-state index contributed by atoms with van der Waals surface area (Å²) in [6.45, 7) is 6.40. The van der Waals surface area contributed by atoms with Gasteiger partial charge in [-0.3, -0.25) is 0 Å². The summed E-state index contributed by atoms with van der Waals surface area (Å²) in [4.78, 5) is 0. The van der Waals surface area contributed by atoms with Gasteiger partial charge in [0.2, 0.25) is 6.29 Å². The molecule has 0 heterocycles. The normalized spacial score (nSPS) is 14.4. The van der Waals surface area contributed by atoms with Crippen LogP contribution in [-0.4, -0.2) is 32.0 Å². The maximum absolute atomic E-state index is 6.32. The summed E-state index contributed by atoms with van der Waals surface area (Å²) in [6, 6.07) is 10.00. The summed E-state index contributed by atoms with van der Waals surface area (Å²) >= 11 is 6.32. The van der Waals surface area contributed by atoms with E-state index in [-0.39, 0.29) is 11.5 Å². The summed E-state index contributed by atoms with van der Waals surface area (Å²) in [7, 11) is 3.24. The number of fused-ring (bicyclic) bond motifs is 1. The van der Waals surface area contributed by atoms with Gasteiger partial charge in [-0.2, -0.15) is 0 Å². The second-order valence-electron chi connectivity index (χ2n) is 7.27. The molecule has 0 aliphatic heterocycles. The number of hydrogen-bond acceptors (Lipinski definition) is 4. The first-order valence-corrected chi connectivity index (χ1v) is 11.1. The van der Waals surface area contributed by atoms with Crippen molar-refractivity contribution < 1.29 is 18.9 Å². The molecule has 2 rings (SSSR count). The topological polar surface area (TPSA) is 36.9 Å². The minimum Gasteiger partial charge on any atom is -0.492 e. The van der Waals surface area contributed by atoms with Crippen molar-refractivity contribution in [2.75, 3.05) is 14.2 Å². The molecule has 0 aromatic heterocycles. The van der Waals surface area contributed by atoms with Gasteiger partial charge >= 0.3 is 0 Å². The Kier molecular flexibility index (Phi) is 9.89. The van der Waals surface area contributed by atoms with Gasteiger partial charge in [0.1, 0.15) is 5.75 Å². The molecule has 2 aromatic rings. The highest BCUT2D eigenvalue weighted by Gasteiger charge is 2.21. The van der Waals surface area contributed by atoms with Crippen molar-refractivity contribution in [3.63, 3.8) is 0 Å². The highest BCUT2D eigenvalue weighted by Crippen LogP contribution is 2.38. The van der Waals surface area contributed by atoms with E-state index in [2.05, 4.69) is 19.9 Å². The van der Waals surface area contributed by atoms with Crippen molar-refractivity contribution in [1.82, 2.24) is 0 Å². The first-order chi connectivity index (χ1) is 14.1. The Bertz CT molecular complexity index is 749. The van der Waals surface area contributed by atoms with Crippen molar-refractivity contribution in [2.45, 2.75) is 77.1 Å². The first-order valence-electron chi connectivity index (χ1n) is 10.7. The van der Waals surface area contributed by atoms with E-state index in [0.717, 1.165) is 35.8 Å². The Morgan fingerprint density at radius 3 is 2.34 bits per heavy atom. The Hall–Kier alpha value is -1.65. The van der Waals surface area contributed by atoms with Crippen LogP contribution in [0, 0.1) is 0 Å². The molecule has 0 saturated heterocycles. The van der Waals surface area contributed by atoms with Crippen LogP contribution in [0.1, 0.15) is 59.3 Å². The van der Waals surface area contributed by atoms with Gasteiger partial charge in [-0.15, -0.1) is 11.6 Å². The summed E-state index contributed by atoms with van der Waals surface area (Å²) in [6.07, 6.45) is 6.24. The Labute approximate surface area is 180 Å². The molecule has 0 amide bonds. The van der Waals surface area contributed by atoms with Crippen LogP contribution in [0.15, 0.2) is 30.3 Å². The van der Waals surface area contributed by atoms with E-state index in [9.17, 15) is 0 Å². The molecule has 0 saturated carbocycles. The predicted molar refractivity (Wildman–Crippen MR) is 121 cm³/mol. The number of ether oxygens (including phenoxy) is 4. The number of rotatable bonds is 13. The lowest BCUT2D eigenvalue weighted by atomic mass is 10.1. The summed E-state index contributed by atoms with van der Waals surface area (Å²) in [5.74, 6) is 2.18. The fourth-order valence-corrected chi connectivity index (χ4v) is 3.54. The van der Waals surface area contributed by atoms with E-state index < -0.39 is 6.29 Å². The molecular formula is C24H35ClO4. The summed E-state index contributed by atoms with van der Waals surface area (Å²) in [5.41, 5.74) is 0. The van der Waals surface area contributed by atoms with Crippen LogP contribution >= 0.6 is 11.6 Å². The molecular weight excluding hydrogens is 388 g/mol. The van der Waals surface area contributed by atoms with Crippen molar-refractivity contribution in [3.05, 3.63) is 30.3 Å². The average molecular weight is 423 g/mol. The minimum absolute atomic E-state index is 0.241. The van der Waals surface area contributed by atoms with Gasteiger partial charge in [0, 0.05) is 12.5 Å². The maximum atomic E-state index is 6.32. The number of alkyl halides is 1. The molecule has 162 valence electrons. The van der Waals surface area contributed by atoms with Crippen LogP contribution in [0.25, 0.3) is 10.8 Å². The van der Waals surface area contributed by atoms with Crippen LogP contribution in [0.4, 0.5) is 0 Å². The third kappa shape index (κ3) is 6.42. The molecule has 0 radical (unpaired) electrons. The Morgan fingerprint density at radius 1 is 0.931 bits per heavy atom. The molecule has 0 N–H and O–H groups in total. The van der Waals surface area contributed by atoms with Crippen LogP contribution in [0.3, 0.4) is 0 Å². The molecule has 0 aliphatic carbocycles. The van der Waals surface area contributed by atoms with Gasteiger partial charge in [-0.05, 0) is 55.3 Å². The molecule has 3 unspecified atom stereocenters. The number of benzene rings is 2. The Balaban J connectivity index is 2.23. The second-order valence-corrected chi connectivity index (χ2v) is 7.83. The highest BCUT2D eigenvalue weighted by molar-refractivity contribution is 6.20. The number of methoxy groups -OCH3 is 2. The van der Waals surface area contributed by atoms with Gasteiger partial charge in [-0.25, -0.2) is 0 Å². The molecule has 29 heavy (non-hydrogen) atoms. The standard InChI is InChI=1S/C24H35ClO4/c1-6-9-10-11-18(7-2)28-19-13-14-20-17(16-19)12-15-22(23(20)26-4)29-24(27-5)21(25)8-3/h12-16,18,21,24H,6-11H2,1-5H3. The SMILES string of the molecule is CCCCCC(CC)Oc1ccc2c(OC)c(OC(OC)C(Cl)CC)ccc2c1. The first kappa shape index (κ1) is 23.6. The van der Waals surface area contributed by atoms with Crippen LogP contribution in [0.2, 0.25) is 0 Å². The van der Waals surface area contributed by atoms with Crippen molar-refractivity contribution in [2.24, 2.45) is 0 Å². The van der Waals surface area contributed by atoms with Crippen molar-refractivity contribution >= 4 is 22.4 Å². The van der Waals surface area contributed by atoms with Gasteiger partial charge < -0.3 is 18.9 Å². The monoisotopic (exact) mass is 422 g/mol. The highest BCUT2D eigenvalue weighted by atomic mass is 35.5. The minimum atomic E-state index is -0.538. The van der Waals surface area contributed by atoms with Gasteiger partial charge in [0.25, 0.3) is 0 Å². The molecule has 0 aliphatic rings. The lowest BCUT2D eigenvalue weighted by Crippen LogP contribution is -2.29. The zero-order valence-electron chi connectivity index (χ0n) is 18.4. The lowest BCUT2D eigenvalue weighted by molar-refractivity contribution is -0.0564. The zero-order valence-corrected chi connectivity index (χ0v) is 19.1. The van der Waals surface area contributed by atoms with E-state index in [1.54, 1.807) is 14.2 Å². The van der Waals surface area contributed by atoms with E-state index in [4.69, 9.17) is 30.5 Å². The van der Waals surface area contributed by atoms with Gasteiger partial charge in [-0.1, -0.05) is 39.7 Å². The largest absolute Gasteiger partial charge is 0.492 e. The zero-order chi connectivity index (χ0) is 21.2. The summed E-state index contributed by atoms with van der Waals surface area (Å²) < 4.78 is 23.3. The summed E-state index contributed by atoms with van der Waals surface area (Å²) in [5, 5.41) is 1.77. The fourth-order valence-electron chi connectivity index (χ4n) is 3.38. The van der Waals surface area contributed by atoms with Gasteiger partial charge in [0.15, 0.2) is 11.5 Å². The average Bonchev–Trinajstić information content (AvgIpc) is 2.75. The molecule has 2 aromatic carbocycles. The van der Waals surface area contributed by atoms with Crippen molar-refractivity contribution in [3.8, 4) is 17.2 Å². The molecule has 3 atom stereocenters. The van der Waals surface area contributed by atoms with E-state index >= 15 is 0 Å². The number of halogens is 1. The fraction of sp³-hybridized carbons (Fsp3) is 0.583. The molecule has 0 spiro atoms. The van der Waals surface area contributed by atoms with E-state index in [1.165, 1.54) is 19.3 Å². The van der Waals surface area contributed by atoms with Crippen LogP contribution < -0.4 is 14.2 Å². The molecule has 4 nitrogen and oxygen atoms in total. The number of hydrogen-bond donors (Lipinski definition) is 0. The van der Waals surface area contributed by atoms with E-state index in [1.807, 2.05) is 31.2 Å². The van der Waals surface area contributed by atoms with Crippen LogP contribution in [-0.2, 0) is 4.74 Å². The third-order valence-corrected chi connectivity index (χ3v) is 5.67. The molecule has 5 heteroatoms. The van der Waals surface area contributed by atoms with Crippen molar-refractivity contribution in [1.29, 1.82) is 0 Å². The van der Waals surface area contributed by atoms with Gasteiger partial charge in [0.05, 0.1) is 18.6 Å². The van der Waals surface area contributed by atoms with E-state index in [0.29, 0.717) is 11.5 Å². The number of unbranched alkanes of at least 4 members (excludes halogenated alkanes) is 2. The lowest BCUT2D eigenvalue weighted by Gasteiger charge is -2.23. The third-order valence-electron chi connectivity index (χ3n) is 5.16. The maximum Gasteiger partial charge on any atom is 0.216 e.